The minimum absolute atomic E-state index is 0.0251. The van der Waals surface area contributed by atoms with Crippen molar-refractivity contribution < 1.29 is 17.2 Å². The second-order valence-electron chi connectivity index (χ2n) is 4.71. The molecule has 2 aromatic carbocycles. The molecule has 0 saturated carbocycles. The Morgan fingerprint density at radius 1 is 1.05 bits per heavy atom. The quantitative estimate of drug-likeness (QED) is 0.856. The Bertz CT molecular complexity index is 805. The second kappa shape index (κ2) is 5.33. The number of nitrogens with two attached hydrogens (primary N) is 1. The van der Waals surface area contributed by atoms with Crippen LogP contribution in [0.5, 0.6) is 0 Å². The number of nitrogen functional groups attached to an aromatic ring is 1. The van der Waals surface area contributed by atoms with Crippen LogP contribution in [0.4, 0.5) is 20.2 Å². The van der Waals surface area contributed by atoms with Crippen molar-refractivity contribution in [2.75, 3.05) is 10.5 Å². The molecular formula is C14H14F2N2O2S. The summed E-state index contributed by atoms with van der Waals surface area (Å²) in [5.74, 6) is -1.44. The lowest BCUT2D eigenvalue weighted by Gasteiger charge is -2.12. The third kappa shape index (κ3) is 3.13. The molecule has 0 radical (unpaired) electrons. The summed E-state index contributed by atoms with van der Waals surface area (Å²) in [4.78, 5) is -0.319. The van der Waals surface area contributed by atoms with Gasteiger partial charge in [-0.3, -0.25) is 4.72 Å². The van der Waals surface area contributed by atoms with Gasteiger partial charge in [0.25, 0.3) is 10.0 Å². The zero-order valence-electron chi connectivity index (χ0n) is 11.4. The van der Waals surface area contributed by atoms with Gasteiger partial charge in [-0.25, -0.2) is 17.2 Å². The van der Waals surface area contributed by atoms with Gasteiger partial charge >= 0.3 is 0 Å². The maximum atomic E-state index is 13.7. The van der Waals surface area contributed by atoms with Crippen LogP contribution >= 0.6 is 0 Å². The summed E-state index contributed by atoms with van der Waals surface area (Å²) < 4.78 is 54.0. The lowest BCUT2D eigenvalue weighted by Crippen LogP contribution is -2.16. The summed E-state index contributed by atoms with van der Waals surface area (Å²) >= 11 is 0. The summed E-state index contributed by atoms with van der Waals surface area (Å²) in [7, 11) is -4.13. The van der Waals surface area contributed by atoms with Gasteiger partial charge in [0.1, 0.15) is 11.6 Å². The summed E-state index contributed by atoms with van der Waals surface area (Å²) in [5, 5.41) is 0. The normalized spacial score (nSPS) is 11.4. The molecule has 2 rings (SSSR count). The van der Waals surface area contributed by atoms with Crippen molar-refractivity contribution in [3.63, 3.8) is 0 Å². The standard InChI is InChI=1S/C14H14F2N2O2S/c1-8-3-4-13(12(16)5-8)18-21(19,20)14-7-10(17)6-11(15)9(14)2/h3-7,18H,17H2,1-2H3. The van der Waals surface area contributed by atoms with Gasteiger partial charge in [-0.15, -0.1) is 0 Å². The SMILES string of the molecule is Cc1ccc(NS(=O)(=O)c2cc(N)cc(F)c2C)c(F)c1. The molecule has 0 unspecified atom stereocenters. The van der Waals surface area contributed by atoms with Crippen molar-refractivity contribution >= 4 is 21.4 Å². The van der Waals surface area contributed by atoms with Crippen LogP contribution < -0.4 is 10.5 Å². The summed E-state index contributed by atoms with van der Waals surface area (Å²) in [6.07, 6.45) is 0. The number of rotatable bonds is 3. The molecule has 7 heteroatoms. The zero-order valence-corrected chi connectivity index (χ0v) is 12.3. The fourth-order valence-electron chi connectivity index (χ4n) is 1.86. The predicted molar refractivity (Wildman–Crippen MR) is 77.5 cm³/mol. The van der Waals surface area contributed by atoms with Crippen LogP contribution in [0.1, 0.15) is 11.1 Å². The van der Waals surface area contributed by atoms with Crippen LogP contribution in [0.2, 0.25) is 0 Å². The molecule has 4 nitrogen and oxygen atoms in total. The van der Waals surface area contributed by atoms with Gasteiger partial charge in [-0.2, -0.15) is 0 Å². The molecule has 3 N–H and O–H groups in total. The maximum absolute atomic E-state index is 13.7. The van der Waals surface area contributed by atoms with E-state index in [9.17, 15) is 17.2 Å². The Morgan fingerprint density at radius 2 is 1.71 bits per heavy atom. The number of anilines is 2. The van der Waals surface area contributed by atoms with Crippen molar-refractivity contribution in [1.29, 1.82) is 0 Å². The molecule has 0 atom stereocenters. The molecule has 0 aromatic heterocycles. The van der Waals surface area contributed by atoms with E-state index in [1.165, 1.54) is 19.1 Å². The van der Waals surface area contributed by atoms with Crippen LogP contribution in [-0.2, 0) is 10.0 Å². The average molecular weight is 312 g/mol. The minimum Gasteiger partial charge on any atom is -0.399 e. The van der Waals surface area contributed by atoms with Crippen LogP contribution in [0.25, 0.3) is 0 Å². The Labute approximate surface area is 121 Å². The van der Waals surface area contributed by atoms with Gasteiger partial charge in [0.15, 0.2) is 0 Å². The van der Waals surface area contributed by atoms with Crippen LogP contribution in [0.15, 0.2) is 35.2 Å². The number of nitrogens with one attached hydrogen (secondary N) is 1. The molecule has 0 saturated heterocycles. The lowest BCUT2D eigenvalue weighted by atomic mass is 10.2. The van der Waals surface area contributed by atoms with Crippen LogP contribution in [0.3, 0.4) is 0 Å². The first-order valence-electron chi connectivity index (χ1n) is 6.05. The Balaban J connectivity index is 2.48. The number of halogens is 2. The van der Waals surface area contributed by atoms with E-state index >= 15 is 0 Å². The van der Waals surface area contributed by atoms with E-state index in [-0.39, 0.29) is 21.8 Å². The molecule has 0 fully saturated rings. The van der Waals surface area contributed by atoms with Crippen molar-refractivity contribution in [2.24, 2.45) is 0 Å². The molecular weight excluding hydrogens is 298 g/mol. The number of benzene rings is 2. The maximum Gasteiger partial charge on any atom is 0.262 e. The van der Waals surface area contributed by atoms with Gasteiger partial charge in [0.05, 0.1) is 10.6 Å². The molecule has 0 amide bonds. The largest absolute Gasteiger partial charge is 0.399 e. The van der Waals surface area contributed by atoms with Gasteiger partial charge in [0, 0.05) is 11.3 Å². The first kappa shape index (κ1) is 15.2. The third-order valence-electron chi connectivity index (χ3n) is 2.98. The summed E-state index contributed by atoms with van der Waals surface area (Å²) in [5.41, 5.74) is 5.81. The highest BCUT2D eigenvalue weighted by Crippen LogP contribution is 2.25. The van der Waals surface area contributed by atoms with Crippen LogP contribution in [0, 0.1) is 25.5 Å². The molecule has 0 aliphatic heterocycles. The molecule has 2 aromatic rings. The zero-order chi connectivity index (χ0) is 15.8. The first-order chi connectivity index (χ1) is 9.70. The molecule has 0 spiro atoms. The van der Waals surface area contributed by atoms with E-state index in [4.69, 9.17) is 5.73 Å². The number of sulfonamides is 1. The van der Waals surface area contributed by atoms with Crippen molar-refractivity contribution in [2.45, 2.75) is 18.7 Å². The van der Waals surface area contributed by atoms with Gasteiger partial charge in [-0.05, 0) is 43.7 Å². The Hall–Kier alpha value is -2.15. The smallest absolute Gasteiger partial charge is 0.262 e. The lowest BCUT2D eigenvalue weighted by molar-refractivity contribution is 0.589. The van der Waals surface area contributed by atoms with Gasteiger partial charge in [0.2, 0.25) is 0 Å². The highest BCUT2D eigenvalue weighted by molar-refractivity contribution is 7.92. The van der Waals surface area contributed by atoms with Crippen molar-refractivity contribution in [1.82, 2.24) is 0 Å². The van der Waals surface area contributed by atoms with Crippen molar-refractivity contribution in [3.8, 4) is 0 Å². The van der Waals surface area contributed by atoms with E-state index < -0.39 is 21.7 Å². The van der Waals surface area contributed by atoms with Gasteiger partial charge < -0.3 is 5.73 Å². The fourth-order valence-corrected chi connectivity index (χ4v) is 3.21. The van der Waals surface area contributed by atoms with E-state index in [1.54, 1.807) is 13.0 Å². The van der Waals surface area contributed by atoms with E-state index in [2.05, 4.69) is 4.72 Å². The second-order valence-corrected chi connectivity index (χ2v) is 6.37. The van der Waals surface area contributed by atoms with Gasteiger partial charge in [-0.1, -0.05) is 6.07 Å². The minimum atomic E-state index is -4.13. The molecule has 0 aliphatic carbocycles. The van der Waals surface area contributed by atoms with E-state index in [1.807, 2.05) is 0 Å². The monoisotopic (exact) mass is 312 g/mol. The Morgan fingerprint density at radius 3 is 2.33 bits per heavy atom. The molecule has 112 valence electrons. The molecule has 0 bridgehead atoms. The number of hydrogen-bond donors (Lipinski definition) is 2. The fraction of sp³-hybridized carbons (Fsp3) is 0.143. The Kier molecular flexibility index (Phi) is 3.87. The summed E-state index contributed by atoms with van der Waals surface area (Å²) in [6, 6.07) is 6.23. The average Bonchev–Trinajstić information content (AvgIpc) is 2.37. The highest BCUT2D eigenvalue weighted by Gasteiger charge is 2.21. The molecule has 0 aliphatic rings. The van der Waals surface area contributed by atoms with Crippen molar-refractivity contribution in [3.05, 3.63) is 53.1 Å². The number of hydrogen-bond acceptors (Lipinski definition) is 3. The number of aryl methyl sites for hydroxylation is 1. The van der Waals surface area contributed by atoms with E-state index in [0.29, 0.717) is 5.56 Å². The predicted octanol–water partition coefficient (Wildman–Crippen LogP) is 2.96. The van der Waals surface area contributed by atoms with E-state index in [0.717, 1.165) is 12.1 Å². The summed E-state index contributed by atoms with van der Waals surface area (Å²) in [6.45, 7) is 2.99. The topological polar surface area (TPSA) is 72.2 Å². The molecule has 21 heavy (non-hydrogen) atoms. The van der Waals surface area contributed by atoms with Crippen LogP contribution in [-0.4, -0.2) is 8.42 Å². The third-order valence-corrected chi connectivity index (χ3v) is 4.47. The first-order valence-corrected chi connectivity index (χ1v) is 7.53. The molecule has 0 heterocycles. The highest BCUT2D eigenvalue weighted by atomic mass is 32.2.